The van der Waals surface area contributed by atoms with Crippen LogP contribution in [-0.2, 0) is 25.3 Å². The first-order valence-corrected chi connectivity index (χ1v) is 14.9. The molecule has 1 saturated heterocycles. The smallest absolute Gasteiger partial charge is 0.456 e. The van der Waals surface area contributed by atoms with E-state index in [-0.39, 0.29) is 19.0 Å². The van der Waals surface area contributed by atoms with Gasteiger partial charge in [-0.2, -0.15) is 0 Å². The van der Waals surface area contributed by atoms with Crippen molar-refractivity contribution >= 4 is 40.5 Å². The van der Waals surface area contributed by atoms with Crippen molar-refractivity contribution in [2.75, 3.05) is 37.7 Å². The molecular formula is C29H33F3N4O7S. The molecule has 2 aliphatic heterocycles. The van der Waals surface area contributed by atoms with E-state index in [1.165, 1.54) is 30.0 Å². The molecule has 2 aromatic carbocycles. The maximum absolute atomic E-state index is 13.1. The standard InChI is InChI=1S/C29H33F3N4O7S/c1-19-16-23(36(13-14-37)25(39)18-42-20(2)38)7-6-21(19)8-15-44(41)35-11-9-28(10-12-35)27(40)33-26(34-28)22-4-3-5-24(17-22)43-29(30,31)32/h3-8,15-17,27,37,40H,9-14,18H2,1-2H3,(H,33,34)/b15-8+. The normalized spacial score (nSPS) is 19.0. The first kappa shape index (κ1) is 33.1. The molecule has 11 nitrogen and oxygen atoms in total. The Balaban J connectivity index is 1.36. The summed E-state index contributed by atoms with van der Waals surface area (Å²) in [5.74, 6) is -1.21. The van der Waals surface area contributed by atoms with Crippen molar-refractivity contribution in [1.82, 2.24) is 9.62 Å². The van der Waals surface area contributed by atoms with E-state index in [2.05, 4.69) is 15.0 Å². The Morgan fingerprint density at radius 1 is 1.23 bits per heavy atom. The van der Waals surface area contributed by atoms with Gasteiger partial charge in [0, 0.05) is 43.2 Å². The van der Waals surface area contributed by atoms with Crippen LogP contribution in [-0.4, -0.2) is 87.4 Å². The van der Waals surface area contributed by atoms with Gasteiger partial charge in [0.05, 0.1) is 12.1 Å². The molecule has 2 aromatic rings. The van der Waals surface area contributed by atoms with Crippen molar-refractivity contribution < 1.29 is 46.7 Å². The van der Waals surface area contributed by atoms with Gasteiger partial charge in [-0.15, -0.1) is 13.2 Å². The van der Waals surface area contributed by atoms with Gasteiger partial charge in [0.1, 0.15) is 22.6 Å². The molecule has 15 heteroatoms. The molecule has 1 amide bonds. The molecule has 0 aromatic heterocycles. The second-order valence-corrected chi connectivity index (χ2v) is 11.6. The van der Waals surface area contributed by atoms with Gasteiger partial charge in [0.15, 0.2) is 12.8 Å². The van der Waals surface area contributed by atoms with Crippen molar-refractivity contribution in [2.45, 2.75) is 44.8 Å². The number of ether oxygens (including phenoxy) is 2. The predicted molar refractivity (Wildman–Crippen MR) is 157 cm³/mol. The van der Waals surface area contributed by atoms with E-state index in [9.17, 15) is 37.2 Å². The van der Waals surface area contributed by atoms with Gasteiger partial charge in [0.2, 0.25) is 0 Å². The van der Waals surface area contributed by atoms with Crippen molar-refractivity contribution in [3.8, 4) is 5.75 Å². The quantitative estimate of drug-likeness (QED) is 0.338. The number of amides is 1. The van der Waals surface area contributed by atoms with Gasteiger partial charge < -0.3 is 29.9 Å². The number of amidine groups is 1. The van der Waals surface area contributed by atoms with E-state index in [0.717, 1.165) is 11.1 Å². The van der Waals surface area contributed by atoms with Crippen LogP contribution in [0.1, 0.15) is 36.5 Å². The van der Waals surface area contributed by atoms with Gasteiger partial charge in [0.25, 0.3) is 5.91 Å². The Morgan fingerprint density at radius 2 is 1.95 bits per heavy atom. The number of hydrogen-bond acceptors (Lipinski definition) is 9. The maximum Gasteiger partial charge on any atom is 0.573 e. The average Bonchev–Trinajstić information content (AvgIpc) is 3.28. The topological polar surface area (TPSA) is 141 Å². The van der Waals surface area contributed by atoms with Gasteiger partial charge in [-0.1, -0.05) is 18.2 Å². The van der Waals surface area contributed by atoms with Crippen molar-refractivity contribution in [2.24, 2.45) is 4.99 Å². The molecule has 238 valence electrons. The molecule has 0 saturated carbocycles. The molecule has 1 fully saturated rings. The molecule has 4 rings (SSSR count). The first-order chi connectivity index (χ1) is 20.8. The number of aliphatic hydroxyl groups excluding tert-OH is 2. The third kappa shape index (κ3) is 8.22. The van der Waals surface area contributed by atoms with Crippen LogP contribution >= 0.6 is 0 Å². The minimum absolute atomic E-state index is 0.0180. The van der Waals surface area contributed by atoms with Crippen LogP contribution in [0, 0.1) is 6.92 Å². The number of aliphatic hydroxyl groups is 2. The molecule has 0 bridgehead atoms. The summed E-state index contributed by atoms with van der Waals surface area (Å²) in [6.45, 7) is 3.02. The number of carbonyl (C=O) groups is 2. The summed E-state index contributed by atoms with van der Waals surface area (Å²) in [5, 5.41) is 24.9. The van der Waals surface area contributed by atoms with Crippen LogP contribution in [0.4, 0.5) is 18.9 Å². The van der Waals surface area contributed by atoms with E-state index >= 15 is 0 Å². The molecule has 3 N–H and O–H groups in total. The fourth-order valence-electron chi connectivity index (χ4n) is 4.99. The summed E-state index contributed by atoms with van der Waals surface area (Å²) in [7, 11) is -1.50. The van der Waals surface area contributed by atoms with Crippen molar-refractivity contribution in [3.63, 3.8) is 0 Å². The van der Waals surface area contributed by atoms with Crippen molar-refractivity contribution in [3.05, 3.63) is 64.6 Å². The van der Waals surface area contributed by atoms with E-state index in [1.54, 1.807) is 40.1 Å². The highest BCUT2D eigenvalue weighted by molar-refractivity contribution is 7.85. The van der Waals surface area contributed by atoms with Crippen LogP contribution < -0.4 is 15.0 Å². The predicted octanol–water partition coefficient (Wildman–Crippen LogP) is 2.62. The van der Waals surface area contributed by atoms with Crippen molar-refractivity contribution in [1.29, 1.82) is 0 Å². The Kier molecular flexibility index (Phi) is 10.4. The van der Waals surface area contributed by atoms with Crippen LogP contribution in [0.5, 0.6) is 5.75 Å². The number of aryl methyl sites for hydroxylation is 1. The highest BCUT2D eigenvalue weighted by atomic mass is 32.2. The fourth-order valence-corrected chi connectivity index (χ4v) is 5.96. The average molecular weight is 639 g/mol. The summed E-state index contributed by atoms with van der Waals surface area (Å²) < 4.78 is 61.5. The number of esters is 1. The van der Waals surface area contributed by atoms with Gasteiger partial charge >= 0.3 is 12.3 Å². The van der Waals surface area contributed by atoms with E-state index in [4.69, 9.17) is 4.74 Å². The lowest BCUT2D eigenvalue weighted by atomic mass is 9.87. The number of alkyl halides is 3. The minimum Gasteiger partial charge on any atom is -0.456 e. The second kappa shape index (κ2) is 13.9. The number of aliphatic imine (C=N–C) groups is 1. The Hall–Kier alpha value is -3.79. The number of piperidine rings is 1. The number of benzene rings is 2. The monoisotopic (exact) mass is 638 g/mol. The highest BCUT2D eigenvalue weighted by Crippen LogP contribution is 2.33. The lowest BCUT2D eigenvalue weighted by Crippen LogP contribution is -2.57. The number of halogens is 3. The zero-order chi connectivity index (χ0) is 32.1. The molecule has 2 aliphatic rings. The lowest BCUT2D eigenvalue weighted by Gasteiger charge is -2.40. The molecular weight excluding hydrogens is 605 g/mol. The Bertz CT molecular complexity index is 1460. The molecule has 0 aliphatic carbocycles. The highest BCUT2D eigenvalue weighted by Gasteiger charge is 2.46. The second-order valence-electron chi connectivity index (χ2n) is 10.3. The third-order valence-electron chi connectivity index (χ3n) is 7.28. The molecule has 2 heterocycles. The summed E-state index contributed by atoms with van der Waals surface area (Å²) in [4.78, 5) is 29.1. The maximum atomic E-state index is 13.1. The third-order valence-corrected chi connectivity index (χ3v) is 8.52. The van der Waals surface area contributed by atoms with Gasteiger partial charge in [-0.05, 0) is 61.2 Å². The van der Waals surface area contributed by atoms with Crippen LogP contribution in [0.25, 0.3) is 6.08 Å². The number of nitrogens with one attached hydrogen (secondary N) is 1. The lowest BCUT2D eigenvalue weighted by molar-refractivity contribution is -0.274. The first-order valence-electron chi connectivity index (χ1n) is 13.7. The van der Waals surface area contributed by atoms with E-state index in [1.807, 2.05) is 6.92 Å². The Morgan fingerprint density at radius 3 is 2.59 bits per heavy atom. The minimum atomic E-state index is -4.83. The Labute approximate surface area is 254 Å². The number of carbonyl (C=O) groups excluding carboxylic acids is 2. The molecule has 1 spiro atoms. The number of rotatable bonds is 10. The SMILES string of the molecule is CC(=O)OCC(=O)N(CCO)c1ccc(/C=C/S(=O)N2CCC3(CC2)NC(c2cccc(OC(F)(F)F)c2)=NC3O)c(C)c1. The number of hydrogen-bond donors (Lipinski definition) is 3. The summed E-state index contributed by atoms with van der Waals surface area (Å²) in [6.07, 6.45) is -3.50. The molecule has 2 atom stereocenters. The zero-order valence-electron chi connectivity index (χ0n) is 24.0. The zero-order valence-corrected chi connectivity index (χ0v) is 24.9. The largest absolute Gasteiger partial charge is 0.573 e. The van der Waals surface area contributed by atoms with E-state index < -0.39 is 53.3 Å². The van der Waals surface area contributed by atoms with E-state index in [0.29, 0.717) is 37.2 Å². The number of anilines is 1. The molecule has 44 heavy (non-hydrogen) atoms. The summed E-state index contributed by atoms with van der Waals surface area (Å²) in [5.41, 5.74) is 1.54. The van der Waals surface area contributed by atoms with Gasteiger partial charge in [-0.25, -0.2) is 13.5 Å². The number of nitrogens with zero attached hydrogens (tertiary/aromatic N) is 3. The fraction of sp³-hybridized carbons (Fsp3) is 0.414. The van der Waals surface area contributed by atoms with Crippen LogP contribution in [0.3, 0.4) is 0 Å². The molecule has 2 unspecified atom stereocenters. The van der Waals surface area contributed by atoms with Crippen LogP contribution in [0.2, 0.25) is 0 Å². The molecule has 0 radical (unpaired) electrons. The van der Waals surface area contributed by atoms with Gasteiger partial charge in [-0.3, -0.25) is 9.59 Å². The summed E-state index contributed by atoms with van der Waals surface area (Å²) in [6, 6.07) is 10.5. The van der Waals surface area contributed by atoms with Crippen LogP contribution in [0.15, 0.2) is 52.9 Å². The summed E-state index contributed by atoms with van der Waals surface area (Å²) >= 11 is 0.